The van der Waals surface area contributed by atoms with E-state index in [0.717, 1.165) is 0 Å². The quantitative estimate of drug-likeness (QED) is 0.308. The number of carbonyl (C=O) groups is 1. The lowest BCUT2D eigenvalue weighted by atomic mass is 9.98. The number of carbonyl (C=O) groups excluding carboxylic acids is 1. The Morgan fingerprint density at radius 1 is 1.12 bits per heavy atom. The maximum atomic E-state index is 13.3. The molecule has 0 fully saturated rings. The molecule has 1 aromatic heterocycles. The van der Waals surface area contributed by atoms with Crippen molar-refractivity contribution in [1.82, 2.24) is 10.5 Å². The van der Waals surface area contributed by atoms with Crippen LogP contribution in [0.1, 0.15) is 18.1 Å². The summed E-state index contributed by atoms with van der Waals surface area (Å²) in [5.41, 5.74) is 3.71. The third-order valence-electron chi connectivity index (χ3n) is 4.74. The van der Waals surface area contributed by atoms with Crippen LogP contribution in [0.2, 0.25) is 0 Å². The number of amides is 1. The van der Waals surface area contributed by atoms with Gasteiger partial charge in [-0.05, 0) is 60.5 Å². The molecule has 0 bridgehead atoms. The van der Waals surface area contributed by atoms with Crippen LogP contribution >= 0.6 is 0 Å². The molecule has 0 aliphatic rings. The molecule has 0 aliphatic carbocycles. The number of aromatic nitrogens is 1. The van der Waals surface area contributed by atoms with E-state index in [0.29, 0.717) is 28.1 Å². The maximum absolute atomic E-state index is 13.3. The molecule has 0 unspecified atom stereocenters. The van der Waals surface area contributed by atoms with E-state index in [2.05, 4.69) is 4.98 Å². The summed E-state index contributed by atoms with van der Waals surface area (Å²) < 4.78 is 33.0. The molecule has 0 saturated carbocycles. The summed E-state index contributed by atoms with van der Waals surface area (Å²) in [5, 5.41) is 8.97. The van der Waals surface area contributed by atoms with Crippen LogP contribution in [0.5, 0.6) is 5.75 Å². The predicted octanol–water partition coefficient (Wildman–Crippen LogP) is 3.24. The predicted molar refractivity (Wildman–Crippen MR) is 121 cm³/mol. The monoisotopic (exact) mass is 453 g/mol. The zero-order valence-electron chi connectivity index (χ0n) is 17.6. The molecule has 0 saturated heterocycles. The Bertz CT molecular complexity index is 1210. The van der Waals surface area contributed by atoms with Gasteiger partial charge in [-0.15, -0.1) is 0 Å². The average molecular weight is 454 g/mol. The molecule has 1 amide bonds. The summed E-state index contributed by atoms with van der Waals surface area (Å²) in [4.78, 5) is 16.1. The van der Waals surface area contributed by atoms with E-state index in [9.17, 15) is 13.2 Å². The van der Waals surface area contributed by atoms with Crippen molar-refractivity contribution in [3.8, 4) is 5.75 Å². The van der Waals surface area contributed by atoms with Crippen LogP contribution < -0.4 is 14.5 Å². The number of ether oxygens (including phenoxy) is 1. The van der Waals surface area contributed by atoms with Crippen molar-refractivity contribution in [2.24, 2.45) is 0 Å². The van der Waals surface area contributed by atoms with Crippen LogP contribution in [-0.2, 0) is 14.8 Å². The highest BCUT2D eigenvalue weighted by atomic mass is 32.2. The highest BCUT2D eigenvalue weighted by Crippen LogP contribution is 2.30. The molecule has 2 aromatic carbocycles. The van der Waals surface area contributed by atoms with E-state index in [1.54, 1.807) is 73.3 Å². The molecule has 3 aromatic rings. The molecule has 166 valence electrons. The average Bonchev–Trinajstić information content (AvgIpc) is 2.83. The van der Waals surface area contributed by atoms with Crippen molar-refractivity contribution >= 4 is 27.2 Å². The van der Waals surface area contributed by atoms with Crippen molar-refractivity contribution in [2.75, 3.05) is 18.0 Å². The Balaban J connectivity index is 2.07. The van der Waals surface area contributed by atoms with Crippen LogP contribution in [0.3, 0.4) is 0 Å². The van der Waals surface area contributed by atoms with Crippen LogP contribution in [0.25, 0.3) is 5.57 Å². The van der Waals surface area contributed by atoms with E-state index in [1.165, 1.54) is 29.6 Å². The summed E-state index contributed by atoms with van der Waals surface area (Å²) >= 11 is 0. The minimum absolute atomic E-state index is 0.133. The molecule has 32 heavy (non-hydrogen) atoms. The molecule has 1 heterocycles. The maximum Gasteiger partial charge on any atom is 0.267 e. The number of nitrogens with zero attached hydrogens (tertiary/aromatic N) is 2. The number of rotatable bonds is 8. The highest BCUT2D eigenvalue weighted by molar-refractivity contribution is 7.92. The molecule has 2 N–H and O–H groups in total. The highest BCUT2D eigenvalue weighted by Gasteiger charge is 2.24. The van der Waals surface area contributed by atoms with Crippen LogP contribution in [-0.4, -0.2) is 38.2 Å². The van der Waals surface area contributed by atoms with Gasteiger partial charge in [0.05, 0.1) is 17.7 Å². The van der Waals surface area contributed by atoms with Gasteiger partial charge in [0.25, 0.3) is 15.9 Å². The van der Waals surface area contributed by atoms with Gasteiger partial charge in [-0.1, -0.05) is 18.2 Å². The van der Waals surface area contributed by atoms with Gasteiger partial charge in [-0.2, -0.15) is 0 Å². The first kappa shape index (κ1) is 23.0. The molecule has 0 atom stereocenters. The Labute approximate surface area is 186 Å². The molecule has 0 spiro atoms. The second-order valence-corrected chi connectivity index (χ2v) is 8.53. The first-order chi connectivity index (χ1) is 15.4. The van der Waals surface area contributed by atoms with Gasteiger partial charge >= 0.3 is 0 Å². The van der Waals surface area contributed by atoms with Gasteiger partial charge in [-0.3, -0.25) is 19.3 Å². The molecule has 3 rings (SSSR count). The smallest absolute Gasteiger partial charge is 0.267 e. The summed E-state index contributed by atoms with van der Waals surface area (Å²) in [6.07, 6.45) is 4.41. The minimum atomic E-state index is -3.84. The van der Waals surface area contributed by atoms with Crippen molar-refractivity contribution in [3.63, 3.8) is 0 Å². The van der Waals surface area contributed by atoms with Gasteiger partial charge < -0.3 is 4.74 Å². The summed E-state index contributed by atoms with van der Waals surface area (Å²) in [7, 11) is -2.33. The number of sulfonamides is 1. The first-order valence-electron chi connectivity index (χ1n) is 9.74. The van der Waals surface area contributed by atoms with Crippen LogP contribution in [0.4, 0.5) is 5.69 Å². The number of nitrogens with one attached hydrogen (secondary N) is 1. The number of benzene rings is 2. The molecule has 8 nitrogen and oxygen atoms in total. The fraction of sp³-hybridized carbons (Fsp3) is 0.130. The number of anilines is 1. The zero-order chi connectivity index (χ0) is 23.1. The molecule has 9 heteroatoms. The summed E-state index contributed by atoms with van der Waals surface area (Å²) in [6.45, 7) is 1.94. The number of hydrogen-bond donors (Lipinski definition) is 2. The Morgan fingerprint density at radius 3 is 2.44 bits per heavy atom. The van der Waals surface area contributed by atoms with E-state index in [1.807, 2.05) is 0 Å². The first-order valence-corrected chi connectivity index (χ1v) is 11.2. The van der Waals surface area contributed by atoms with Crippen molar-refractivity contribution in [1.29, 1.82) is 0 Å². The normalized spacial score (nSPS) is 11.7. The SMILES string of the molecule is CCN(c1cccc(C(=CC(=O)NO)c2cccnc2)c1)S(=O)(=O)c1ccc(OC)cc1. The van der Waals surface area contributed by atoms with Crippen LogP contribution in [0.15, 0.2) is 84.0 Å². The Hall–Kier alpha value is -3.69. The van der Waals surface area contributed by atoms with Gasteiger partial charge in [0, 0.05) is 30.6 Å². The van der Waals surface area contributed by atoms with Gasteiger partial charge in [0.15, 0.2) is 0 Å². The topological polar surface area (TPSA) is 109 Å². The zero-order valence-corrected chi connectivity index (χ0v) is 18.4. The van der Waals surface area contributed by atoms with Crippen molar-refractivity contribution in [3.05, 3.63) is 90.3 Å². The lowest BCUT2D eigenvalue weighted by Crippen LogP contribution is -2.30. The van der Waals surface area contributed by atoms with Crippen LogP contribution in [0, 0.1) is 0 Å². The third kappa shape index (κ3) is 4.96. The fourth-order valence-electron chi connectivity index (χ4n) is 3.21. The summed E-state index contributed by atoms with van der Waals surface area (Å²) in [5.74, 6) is -0.158. The van der Waals surface area contributed by atoms with Gasteiger partial charge in [0.1, 0.15) is 5.75 Å². The molecule has 0 radical (unpaired) electrons. The minimum Gasteiger partial charge on any atom is -0.497 e. The largest absolute Gasteiger partial charge is 0.497 e. The third-order valence-corrected chi connectivity index (χ3v) is 6.66. The Kier molecular flexibility index (Phi) is 7.24. The summed E-state index contributed by atoms with van der Waals surface area (Å²) in [6, 6.07) is 16.5. The van der Waals surface area contributed by atoms with E-state index >= 15 is 0 Å². The molecular formula is C23H23N3O5S. The number of pyridine rings is 1. The van der Waals surface area contributed by atoms with Gasteiger partial charge in [-0.25, -0.2) is 13.9 Å². The second kappa shape index (κ2) is 10.1. The van der Waals surface area contributed by atoms with E-state index < -0.39 is 15.9 Å². The van der Waals surface area contributed by atoms with E-state index in [4.69, 9.17) is 9.94 Å². The van der Waals surface area contributed by atoms with Crippen molar-refractivity contribution in [2.45, 2.75) is 11.8 Å². The van der Waals surface area contributed by atoms with E-state index in [-0.39, 0.29) is 11.4 Å². The lowest BCUT2D eigenvalue weighted by Gasteiger charge is -2.24. The number of hydrogen-bond acceptors (Lipinski definition) is 6. The second-order valence-electron chi connectivity index (χ2n) is 6.67. The molecular weight excluding hydrogens is 430 g/mol. The van der Waals surface area contributed by atoms with Crippen molar-refractivity contribution < 1.29 is 23.2 Å². The Morgan fingerprint density at radius 2 is 1.84 bits per heavy atom. The lowest BCUT2D eigenvalue weighted by molar-refractivity contribution is -0.124. The molecule has 0 aliphatic heterocycles. The van der Waals surface area contributed by atoms with Gasteiger partial charge in [0.2, 0.25) is 0 Å². The fourth-order valence-corrected chi connectivity index (χ4v) is 4.68. The number of methoxy groups -OCH3 is 1. The number of hydroxylamine groups is 1. The standard InChI is InChI=1S/C23H23N3O5S/c1-3-26(32(29,30)21-11-9-20(31-2)10-12-21)19-8-4-6-17(14-19)22(15-23(27)25-28)18-7-5-13-24-16-18/h4-16,28H,3H2,1-2H3,(H,25,27).